The molecule has 2 atom stereocenters. The van der Waals surface area contributed by atoms with E-state index >= 15 is 0 Å². The van der Waals surface area contributed by atoms with Crippen LogP contribution in [0.1, 0.15) is 32.6 Å². The minimum Gasteiger partial charge on any atom is -0.383 e. The summed E-state index contributed by atoms with van der Waals surface area (Å²) in [5.74, 6) is 0.705. The van der Waals surface area contributed by atoms with Crippen molar-refractivity contribution >= 4 is 11.5 Å². The number of hydrogen-bond donors (Lipinski definition) is 3. The van der Waals surface area contributed by atoms with E-state index in [0.717, 1.165) is 19.3 Å². The monoisotopic (exact) mass is 252 g/mol. The Kier molecular flexibility index (Phi) is 3.45. The van der Waals surface area contributed by atoms with Crippen LogP contribution >= 0.6 is 0 Å². The lowest BCUT2D eigenvalue weighted by atomic mass is 9.86. The van der Waals surface area contributed by atoms with Crippen molar-refractivity contribution in [1.82, 2.24) is 9.55 Å². The van der Waals surface area contributed by atoms with E-state index in [0.29, 0.717) is 11.6 Å². The molecular weight excluding hydrogens is 232 g/mol. The number of nitrogen functional groups attached to an aromatic ring is 1. The molecule has 0 radical (unpaired) electrons. The largest absolute Gasteiger partial charge is 0.383 e. The van der Waals surface area contributed by atoms with E-state index in [2.05, 4.69) is 17.2 Å². The Morgan fingerprint density at radius 1 is 1.33 bits per heavy atom. The van der Waals surface area contributed by atoms with E-state index < -0.39 is 11.2 Å². The van der Waals surface area contributed by atoms with Crippen LogP contribution in [-0.2, 0) is 7.05 Å². The third-order valence-electron chi connectivity index (χ3n) is 3.81. The van der Waals surface area contributed by atoms with Crippen LogP contribution in [0.5, 0.6) is 0 Å². The van der Waals surface area contributed by atoms with Gasteiger partial charge in [0.25, 0.3) is 5.56 Å². The van der Waals surface area contributed by atoms with E-state index in [1.54, 1.807) is 7.05 Å². The first-order valence-electron chi connectivity index (χ1n) is 6.36. The summed E-state index contributed by atoms with van der Waals surface area (Å²) < 4.78 is 1.25. The topological polar surface area (TPSA) is 92.9 Å². The van der Waals surface area contributed by atoms with Crippen molar-refractivity contribution in [1.29, 1.82) is 0 Å². The highest BCUT2D eigenvalue weighted by atomic mass is 16.2. The molecule has 2 rings (SSSR count). The fraction of sp³-hybridized carbons (Fsp3) is 0.667. The lowest BCUT2D eigenvalue weighted by molar-refractivity contribution is 0.349. The first kappa shape index (κ1) is 12.7. The van der Waals surface area contributed by atoms with Gasteiger partial charge in [0.15, 0.2) is 0 Å². The van der Waals surface area contributed by atoms with Gasteiger partial charge in [0.2, 0.25) is 0 Å². The quantitative estimate of drug-likeness (QED) is 0.720. The molecule has 4 N–H and O–H groups in total. The van der Waals surface area contributed by atoms with Gasteiger partial charge in [0, 0.05) is 13.1 Å². The van der Waals surface area contributed by atoms with Crippen LogP contribution in [0.2, 0.25) is 0 Å². The number of nitrogens with zero attached hydrogens (tertiary/aromatic N) is 1. The minimum atomic E-state index is -0.486. The highest BCUT2D eigenvalue weighted by Crippen LogP contribution is 2.26. The van der Waals surface area contributed by atoms with Gasteiger partial charge in [-0.15, -0.1) is 0 Å². The Bertz CT molecular complexity index is 546. The molecule has 6 heteroatoms. The average molecular weight is 252 g/mol. The molecule has 0 bridgehead atoms. The zero-order valence-corrected chi connectivity index (χ0v) is 10.8. The number of rotatable bonds is 2. The SMILES string of the molecule is CC1CCCCC1Nc1c(N)n(C)c(=O)[nH]c1=O. The Morgan fingerprint density at radius 2 is 2.00 bits per heavy atom. The predicted molar refractivity (Wildman–Crippen MR) is 71.8 cm³/mol. The van der Waals surface area contributed by atoms with E-state index in [9.17, 15) is 9.59 Å². The molecule has 1 fully saturated rings. The maximum Gasteiger partial charge on any atom is 0.329 e. The van der Waals surface area contributed by atoms with Crippen LogP contribution in [-0.4, -0.2) is 15.6 Å². The number of H-pyrrole nitrogens is 1. The van der Waals surface area contributed by atoms with E-state index in [4.69, 9.17) is 5.73 Å². The molecule has 100 valence electrons. The molecular formula is C12H20N4O2. The normalized spacial score (nSPS) is 23.9. The van der Waals surface area contributed by atoms with Crippen molar-refractivity contribution in [2.24, 2.45) is 13.0 Å². The molecule has 1 aliphatic carbocycles. The van der Waals surface area contributed by atoms with E-state index in [1.807, 2.05) is 0 Å². The van der Waals surface area contributed by atoms with Crippen molar-refractivity contribution in [2.75, 3.05) is 11.1 Å². The summed E-state index contributed by atoms with van der Waals surface area (Å²) in [5.41, 5.74) is 5.22. The van der Waals surface area contributed by atoms with Crippen LogP contribution in [0.3, 0.4) is 0 Å². The number of aromatic amines is 1. The molecule has 1 saturated carbocycles. The zero-order chi connectivity index (χ0) is 13.3. The smallest absolute Gasteiger partial charge is 0.329 e. The Morgan fingerprint density at radius 3 is 2.67 bits per heavy atom. The van der Waals surface area contributed by atoms with Crippen LogP contribution in [0.15, 0.2) is 9.59 Å². The molecule has 0 aliphatic heterocycles. The first-order chi connectivity index (χ1) is 8.50. The number of hydrogen-bond acceptors (Lipinski definition) is 4. The van der Waals surface area contributed by atoms with Gasteiger partial charge < -0.3 is 11.1 Å². The standard InChI is InChI=1S/C12H20N4O2/c1-7-5-3-4-6-8(7)14-9-10(13)16(2)12(18)15-11(9)17/h7-8,14H,3-6,13H2,1-2H3,(H,15,17,18). The number of anilines is 2. The molecule has 0 saturated heterocycles. The zero-order valence-electron chi connectivity index (χ0n) is 10.8. The van der Waals surface area contributed by atoms with Gasteiger partial charge in [-0.2, -0.15) is 0 Å². The van der Waals surface area contributed by atoms with Crippen molar-refractivity contribution in [3.63, 3.8) is 0 Å². The number of nitrogens with two attached hydrogens (primary N) is 1. The molecule has 1 aromatic heterocycles. The summed E-state index contributed by atoms with van der Waals surface area (Å²) in [4.78, 5) is 25.4. The highest BCUT2D eigenvalue weighted by Gasteiger charge is 2.23. The fourth-order valence-corrected chi connectivity index (χ4v) is 2.49. The third kappa shape index (κ3) is 2.27. The summed E-state index contributed by atoms with van der Waals surface area (Å²) in [6.07, 6.45) is 4.58. The van der Waals surface area contributed by atoms with Gasteiger partial charge in [-0.05, 0) is 18.8 Å². The predicted octanol–water partition coefficient (Wildman–Crippen LogP) is 0.646. The van der Waals surface area contributed by atoms with Crippen LogP contribution < -0.4 is 22.3 Å². The Hall–Kier alpha value is -1.72. The molecule has 1 aromatic rings. The van der Waals surface area contributed by atoms with Crippen LogP contribution in [0, 0.1) is 5.92 Å². The van der Waals surface area contributed by atoms with Gasteiger partial charge in [-0.25, -0.2) is 4.79 Å². The summed E-state index contributed by atoms with van der Waals surface area (Å²) in [6, 6.07) is 0.250. The molecule has 1 heterocycles. The summed E-state index contributed by atoms with van der Waals surface area (Å²) in [5, 5.41) is 3.21. The molecule has 2 unspecified atom stereocenters. The first-order valence-corrected chi connectivity index (χ1v) is 6.36. The molecule has 0 aromatic carbocycles. The van der Waals surface area contributed by atoms with Gasteiger partial charge in [-0.1, -0.05) is 19.8 Å². The van der Waals surface area contributed by atoms with Crippen LogP contribution in [0.25, 0.3) is 0 Å². The Labute approximate surface area is 105 Å². The van der Waals surface area contributed by atoms with Crippen molar-refractivity contribution in [3.05, 3.63) is 20.8 Å². The summed E-state index contributed by atoms with van der Waals surface area (Å²) >= 11 is 0. The number of nitrogens with one attached hydrogen (secondary N) is 2. The van der Waals surface area contributed by atoms with E-state index in [1.165, 1.54) is 11.0 Å². The average Bonchev–Trinajstić information content (AvgIpc) is 2.34. The molecule has 6 nitrogen and oxygen atoms in total. The van der Waals surface area contributed by atoms with E-state index in [-0.39, 0.29) is 11.9 Å². The van der Waals surface area contributed by atoms with Gasteiger partial charge in [-0.3, -0.25) is 14.3 Å². The lowest BCUT2D eigenvalue weighted by Crippen LogP contribution is -2.37. The maximum absolute atomic E-state index is 11.8. The molecule has 0 amide bonds. The van der Waals surface area contributed by atoms with Gasteiger partial charge in [0.05, 0.1) is 0 Å². The summed E-state index contributed by atoms with van der Waals surface area (Å²) in [6.45, 7) is 2.17. The summed E-state index contributed by atoms with van der Waals surface area (Å²) in [7, 11) is 1.54. The maximum atomic E-state index is 11.8. The second-order valence-electron chi connectivity index (χ2n) is 5.09. The van der Waals surface area contributed by atoms with Crippen molar-refractivity contribution in [2.45, 2.75) is 38.6 Å². The van der Waals surface area contributed by atoms with Gasteiger partial charge in [0.1, 0.15) is 11.5 Å². The second kappa shape index (κ2) is 4.88. The van der Waals surface area contributed by atoms with Gasteiger partial charge >= 0.3 is 5.69 Å². The molecule has 1 aliphatic rings. The third-order valence-corrected chi connectivity index (χ3v) is 3.81. The highest BCUT2D eigenvalue weighted by molar-refractivity contribution is 5.60. The van der Waals surface area contributed by atoms with Crippen molar-refractivity contribution in [3.8, 4) is 0 Å². The lowest BCUT2D eigenvalue weighted by Gasteiger charge is -2.30. The van der Waals surface area contributed by atoms with Crippen molar-refractivity contribution < 1.29 is 0 Å². The Balaban J connectivity index is 2.32. The minimum absolute atomic E-state index is 0.196. The van der Waals surface area contributed by atoms with Crippen LogP contribution in [0.4, 0.5) is 11.5 Å². The second-order valence-corrected chi connectivity index (χ2v) is 5.09. The number of aromatic nitrogens is 2. The molecule has 18 heavy (non-hydrogen) atoms. The fourth-order valence-electron chi connectivity index (χ4n) is 2.49. The molecule has 0 spiro atoms.